The summed E-state index contributed by atoms with van der Waals surface area (Å²) in [6.07, 6.45) is 4.41. The first-order valence-corrected chi connectivity index (χ1v) is 6.83. The van der Waals surface area contributed by atoms with Gasteiger partial charge in [0.1, 0.15) is 0 Å². The fourth-order valence-electron chi connectivity index (χ4n) is 0.509. The van der Waals surface area contributed by atoms with Crippen LogP contribution in [0.5, 0.6) is 0 Å². The SMILES string of the molecule is C/C=C(/SC)[Se]CC(C)C. The van der Waals surface area contributed by atoms with Crippen LogP contribution >= 0.6 is 11.8 Å². The summed E-state index contributed by atoms with van der Waals surface area (Å²) < 4.78 is 1.58. The maximum absolute atomic E-state index is 2.29. The van der Waals surface area contributed by atoms with Gasteiger partial charge < -0.3 is 0 Å². The molecule has 0 aromatic rings. The van der Waals surface area contributed by atoms with Crippen molar-refractivity contribution < 1.29 is 0 Å². The van der Waals surface area contributed by atoms with Crippen molar-refractivity contribution in [2.75, 3.05) is 6.26 Å². The maximum atomic E-state index is 2.29. The molecule has 0 amide bonds. The average Bonchev–Trinajstić information content (AvgIpc) is 1.90. The molecule has 0 fully saturated rings. The van der Waals surface area contributed by atoms with Gasteiger partial charge >= 0.3 is 74.9 Å². The number of thioether (sulfide) groups is 1. The van der Waals surface area contributed by atoms with E-state index in [0.717, 1.165) is 20.9 Å². The Morgan fingerprint density at radius 3 is 2.50 bits per heavy atom. The zero-order valence-electron chi connectivity index (χ0n) is 7.18. The first-order chi connectivity index (χ1) is 4.70. The summed E-state index contributed by atoms with van der Waals surface area (Å²) in [5.74, 6) is 0.863. The van der Waals surface area contributed by atoms with Gasteiger partial charge in [0.15, 0.2) is 0 Å². The Bertz CT molecular complexity index is 108. The van der Waals surface area contributed by atoms with Gasteiger partial charge in [-0.25, -0.2) is 0 Å². The fourth-order valence-corrected chi connectivity index (χ4v) is 3.35. The van der Waals surface area contributed by atoms with Crippen LogP contribution in [0.25, 0.3) is 0 Å². The van der Waals surface area contributed by atoms with Crippen molar-refractivity contribution in [3.63, 3.8) is 0 Å². The Balaban J connectivity index is 3.46. The molecule has 0 radical (unpaired) electrons. The first-order valence-electron chi connectivity index (χ1n) is 3.53. The monoisotopic (exact) mass is 224 g/mol. The van der Waals surface area contributed by atoms with Crippen LogP contribution in [0.3, 0.4) is 0 Å². The van der Waals surface area contributed by atoms with Crippen molar-refractivity contribution in [3.8, 4) is 0 Å². The van der Waals surface area contributed by atoms with Gasteiger partial charge in [-0.2, -0.15) is 0 Å². The second-order valence-corrected chi connectivity index (χ2v) is 6.18. The third kappa shape index (κ3) is 5.40. The van der Waals surface area contributed by atoms with Crippen molar-refractivity contribution in [2.24, 2.45) is 5.92 Å². The predicted molar refractivity (Wildman–Crippen MR) is 52.7 cm³/mol. The quantitative estimate of drug-likeness (QED) is 0.660. The van der Waals surface area contributed by atoms with Gasteiger partial charge in [-0.05, 0) is 0 Å². The fraction of sp³-hybridized carbons (Fsp3) is 0.750. The molecular weight excluding hydrogens is 207 g/mol. The molecule has 60 valence electrons. The van der Waals surface area contributed by atoms with E-state index in [-0.39, 0.29) is 0 Å². The van der Waals surface area contributed by atoms with E-state index in [1.165, 1.54) is 5.32 Å². The van der Waals surface area contributed by atoms with E-state index in [1.54, 1.807) is 3.80 Å². The molecule has 0 heterocycles. The molecule has 0 unspecified atom stereocenters. The second kappa shape index (κ2) is 6.33. The van der Waals surface area contributed by atoms with E-state index >= 15 is 0 Å². The molecular formula is C8H16SSe. The van der Waals surface area contributed by atoms with E-state index in [0.29, 0.717) is 0 Å². The Kier molecular flexibility index (Phi) is 6.71. The molecule has 0 rings (SSSR count). The van der Waals surface area contributed by atoms with Gasteiger partial charge in [-0.3, -0.25) is 0 Å². The van der Waals surface area contributed by atoms with Crippen molar-refractivity contribution in [1.29, 1.82) is 0 Å². The van der Waals surface area contributed by atoms with Crippen LogP contribution < -0.4 is 0 Å². The summed E-state index contributed by atoms with van der Waals surface area (Å²) in [4.78, 5) is 0. The molecule has 0 aliphatic heterocycles. The first kappa shape index (κ1) is 10.6. The molecule has 2 heteroatoms. The molecule has 0 aromatic heterocycles. The minimum absolute atomic E-state index is 0.738. The van der Waals surface area contributed by atoms with Crippen molar-refractivity contribution in [3.05, 3.63) is 9.88 Å². The van der Waals surface area contributed by atoms with Gasteiger partial charge in [0.25, 0.3) is 0 Å². The summed E-state index contributed by atoms with van der Waals surface area (Å²) in [6, 6.07) is 0. The zero-order chi connectivity index (χ0) is 7.98. The van der Waals surface area contributed by atoms with Gasteiger partial charge in [-0.15, -0.1) is 0 Å². The molecule has 0 saturated heterocycles. The molecule has 0 N–H and O–H groups in total. The van der Waals surface area contributed by atoms with Gasteiger partial charge in [0.2, 0.25) is 0 Å². The Morgan fingerprint density at radius 1 is 1.60 bits per heavy atom. The molecule has 0 bridgehead atoms. The molecule has 0 aliphatic rings. The summed E-state index contributed by atoms with van der Waals surface area (Å²) in [6.45, 7) is 6.71. The Hall–Kier alpha value is 0.609. The van der Waals surface area contributed by atoms with Crippen LogP contribution in [0.1, 0.15) is 20.8 Å². The summed E-state index contributed by atoms with van der Waals surface area (Å²) in [5, 5.41) is 1.38. The number of hydrogen-bond donors (Lipinski definition) is 0. The number of hydrogen-bond acceptors (Lipinski definition) is 1. The molecule has 0 aromatic carbocycles. The van der Waals surface area contributed by atoms with Crippen molar-refractivity contribution in [2.45, 2.75) is 26.1 Å². The Labute approximate surface area is 75.0 Å². The van der Waals surface area contributed by atoms with Crippen LogP contribution in [-0.4, -0.2) is 21.2 Å². The minimum atomic E-state index is 0.738. The van der Waals surface area contributed by atoms with Crippen LogP contribution in [-0.2, 0) is 0 Å². The van der Waals surface area contributed by atoms with Crippen LogP contribution in [0.15, 0.2) is 9.88 Å². The standard InChI is InChI=1S/C8H16SSe/c1-5-8(9-4)10-6-7(2)3/h5,7H,6H2,1-4H3/b8-5-. The van der Waals surface area contributed by atoms with E-state index in [4.69, 9.17) is 0 Å². The normalized spacial score (nSPS) is 12.7. The van der Waals surface area contributed by atoms with Crippen molar-refractivity contribution in [1.82, 2.24) is 0 Å². The van der Waals surface area contributed by atoms with E-state index in [9.17, 15) is 0 Å². The van der Waals surface area contributed by atoms with Gasteiger partial charge in [0, 0.05) is 0 Å². The molecule has 10 heavy (non-hydrogen) atoms. The summed E-state index contributed by atoms with van der Waals surface area (Å²) in [7, 11) is 0. The molecule has 0 atom stereocenters. The topological polar surface area (TPSA) is 0 Å². The van der Waals surface area contributed by atoms with Gasteiger partial charge in [-0.1, -0.05) is 0 Å². The second-order valence-electron chi connectivity index (χ2n) is 2.52. The predicted octanol–water partition coefficient (Wildman–Crippen LogP) is 2.99. The van der Waals surface area contributed by atoms with Gasteiger partial charge in [0.05, 0.1) is 0 Å². The third-order valence-electron chi connectivity index (χ3n) is 0.996. The molecule has 0 aliphatic carbocycles. The molecule has 0 spiro atoms. The zero-order valence-corrected chi connectivity index (χ0v) is 9.71. The molecule has 0 saturated carbocycles. The van der Waals surface area contributed by atoms with E-state index in [2.05, 4.69) is 33.1 Å². The Morgan fingerprint density at radius 2 is 2.20 bits per heavy atom. The number of rotatable bonds is 4. The van der Waals surface area contributed by atoms with E-state index < -0.39 is 0 Å². The summed E-state index contributed by atoms with van der Waals surface area (Å²) >= 11 is 2.64. The van der Waals surface area contributed by atoms with Crippen LogP contribution in [0, 0.1) is 5.92 Å². The average molecular weight is 223 g/mol. The van der Waals surface area contributed by atoms with Crippen molar-refractivity contribution >= 4 is 26.7 Å². The van der Waals surface area contributed by atoms with E-state index in [1.807, 2.05) is 11.8 Å². The summed E-state index contributed by atoms with van der Waals surface area (Å²) in [5.41, 5.74) is 0. The number of allylic oxidation sites excluding steroid dienone is 1. The van der Waals surface area contributed by atoms with Crippen LogP contribution in [0.2, 0.25) is 5.32 Å². The van der Waals surface area contributed by atoms with Crippen LogP contribution in [0.4, 0.5) is 0 Å². The molecule has 0 nitrogen and oxygen atoms in total. The third-order valence-corrected chi connectivity index (χ3v) is 6.14.